The molecule has 0 radical (unpaired) electrons. The van der Waals surface area contributed by atoms with Gasteiger partial charge in [0.05, 0.1) is 21.7 Å². The van der Waals surface area contributed by atoms with Gasteiger partial charge in [-0.05, 0) is 46.1 Å². The maximum absolute atomic E-state index is 12.5. The maximum Gasteiger partial charge on any atom is 0.410 e. The molecule has 1 saturated heterocycles. The Morgan fingerprint density at radius 3 is 2.89 bits per heavy atom. The van der Waals surface area contributed by atoms with E-state index in [2.05, 4.69) is 4.98 Å². The third-order valence-corrected chi connectivity index (χ3v) is 5.44. The Bertz CT molecular complexity index is 861. The van der Waals surface area contributed by atoms with Crippen molar-refractivity contribution in [3.63, 3.8) is 0 Å². The van der Waals surface area contributed by atoms with Gasteiger partial charge in [0.1, 0.15) is 5.60 Å². The highest BCUT2D eigenvalue weighted by Gasteiger charge is 2.30. The van der Waals surface area contributed by atoms with Crippen LogP contribution in [-0.4, -0.2) is 45.7 Å². The minimum absolute atomic E-state index is 0.0135. The van der Waals surface area contributed by atoms with Crippen molar-refractivity contribution < 1.29 is 19.2 Å². The molecule has 9 heteroatoms. The number of nitro benzene ring substituents is 1. The van der Waals surface area contributed by atoms with Crippen molar-refractivity contribution in [3.8, 4) is 5.19 Å². The van der Waals surface area contributed by atoms with Gasteiger partial charge in [-0.3, -0.25) is 10.1 Å². The van der Waals surface area contributed by atoms with Gasteiger partial charge < -0.3 is 14.4 Å². The standard InChI is InChI=1S/C19H25N3O5S/c1-19(2,3)27-18(23)21-10-5-4-6-13(21)9-11-26-17-20-15-12-14(22(24)25)7-8-16(15)28-17/h7-8,12-13H,4-6,9-11H2,1-3H3/t13-/m0/s1. The van der Waals surface area contributed by atoms with Crippen molar-refractivity contribution in [2.45, 2.75) is 58.1 Å². The molecule has 0 N–H and O–H groups in total. The van der Waals surface area contributed by atoms with Gasteiger partial charge >= 0.3 is 6.09 Å². The maximum atomic E-state index is 12.5. The van der Waals surface area contributed by atoms with Gasteiger partial charge in [-0.2, -0.15) is 0 Å². The van der Waals surface area contributed by atoms with Crippen LogP contribution in [0.15, 0.2) is 18.2 Å². The van der Waals surface area contributed by atoms with Crippen LogP contribution in [0, 0.1) is 10.1 Å². The Hall–Kier alpha value is -2.42. The number of non-ortho nitro benzene ring substituents is 1. The number of carbonyl (C=O) groups is 1. The summed E-state index contributed by atoms with van der Waals surface area (Å²) >= 11 is 1.36. The molecule has 0 saturated carbocycles. The molecule has 0 spiro atoms. The second-order valence-electron chi connectivity index (χ2n) is 7.85. The zero-order chi connectivity index (χ0) is 20.3. The molecular weight excluding hydrogens is 382 g/mol. The molecule has 2 aromatic rings. The van der Waals surface area contributed by atoms with Crippen LogP contribution in [0.3, 0.4) is 0 Å². The van der Waals surface area contributed by atoms with Gasteiger partial charge in [-0.25, -0.2) is 9.78 Å². The van der Waals surface area contributed by atoms with Crippen LogP contribution in [0.1, 0.15) is 46.5 Å². The number of hydrogen-bond acceptors (Lipinski definition) is 7. The van der Waals surface area contributed by atoms with Gasteiger partial charge in [0.25, 0.3) is 10.9 Å². The first kappa shape index (κ1) is 20.3. The highest BCUT2D eigenvalue weighted by molar-refractivity contribution is 7.20. The van der Waals surface area contributed by atoms with Crippen molar-refractivity contribution in [2.75, 3.05) is 13.2 Å². The lowest BCUT2D eigenvalue weighted by Crippen LogP contribution is -2.46. The van der Waals surface area contributed by atoms with E-state index in [-0.39, 0.29) is 17.8 Å². The first-order valence-electron chi connectivity index (χ1n) is 9.40. The fourth-order valence-corrected chi connectivity index (χ4v) is 4.03. The summed E-state index contributed by atoms with van der Waals surface area (Å²) in [6, 6.07) is 4.68. The summed E-state index contributed by atoms with van der Waals surface area (Å²) in [5, 5.41) is 11.4. The van der Waals surface area contributed by atoms with Crippen LogP contribution in [-0.2, 0) is 4.74 Å². The number of thiazole rings is 1. The van der Waals surface area contributed by atoms with Gasteiger partial charge in [0, 0.05) is 31.1 Å². The van der Waals surface area contributed by atoms with Crippen LogP contribution in [0.4, 0.5) is 10.5 Å². The lowest BCUT2D eigenvalue weighted by atomic mass is 10.0. The molecule has 1 aliphatic rings. The van der Waals surface area contributed by atoms with Crippen LogP contribution in [0.5, 0.6) is 5.19 Å². The first-order valence-corrected chi connectivity index (χ1v) is 10.2. The largest absolute Gasteiger partial charge is 0.470 e. The van der Waals surface area contributed by atoms with E-state index in [0.717, 1.165) is 24.0 Å². The molecule has 0 bridgehead atoms. The lowest BCUT2D eigenvalue weighted by molar-refractivity contribution is -0.384. The van der Waals surface area contributed by atoms with Gasteiger partial charge in [-0.15, -0.1) is 0 Å². The number of nitro groups is 1. The fourth-order valence-electron chi connectivity index (χ4n) is 3.21. The van der Waals surface area contributed by atoms with Gasteiger partial charge in [0.15, 0.2) is 0 Å². The molecule has 1 amide bonds. The summed E-state index contributed by atoms with van der Waals surface area (Å²) in [4.78, 5) is 29.0. The summed E-state index contributed by atoms with van der Waals surface area (Å²) in [6.07, 6.45) is 3.40. The minimum atomic E-state index is -0.515. The van der Waals surface area contributed by atoms with E-state index in [0.29, 0.717) is 30.3 Å². The van der Waals surface area contributed by atoms with Crippen molar-refractivity contribution >= 4 is 33.3 Å². The molecule has 8 nitrogen and oxygen atoms in total. The molecule has 1 fully saturated rings. The molecule has 3 rings (SSSR count). The van der Waals surface area contributed by atoms with Gasteiger partial charge in [0.2, 0.25) is 0 Å². The number of fused-ring (bicyclic) bond motifs is 1. The molecule has 0 aliphatic carbocycles. The number of benzene rings is 1. The molecule has 0 unspecified atom stereocenters. The Balaban J connectivity index is 1.59. The quantitative estimate of drug-likeness (QED) is 0.524. The fraction of sp³-hybridized carbons (Fsp3) is 0.579. The van der Waals surface area contributed by atoms with Crippen molar-refractivity contribution in [2.24, 2.45) is 0 Å². The van der Waals surface area contributed by atoms with Crippen LogP contribution in [0.2, 0.25) is 0 Å². The topological polar surface area (TPSA) is 94.8 Å². The van der Waals surface area contributed by atoms with E-state index in [4.69, 9.17) is 9.47 Å². The first-order chi connectivity index (χ1) is 13.2. The number of hydrogen-bond donors (Lipinski definition) is 0. The Morgan fingerprint density at radius 1 is 1.39 bits per heavy atom. The predicted molar refractivity (Wildman–Crippen MR) is 107 cm³/mol. The smallest absolute Gasteiger partial charge is 0.410 e. The molecular formula is C19H25N3O5S. The van der Waals surface area contributed by atoms with Crippen LogP contribution < -0.4 is 4.74 Å². The van der Waals surface area contributed by atoms with Crippen LogP contribution >= 0.6 is 11.3 Å². The number of piperidine rings is 1. The minimum Gasteiger partial charge on any atom is -0.470 e. The number of aromatic nitrogens is 1. The Morgan fingerprint density at radius 2 is 2.18 bits per heavy atom. The molecule has 1 aromatic carbocycles. The van der Waals surface area contributed by atoms with E-state index in [9.17, 15) is 14.9 Å². The average Bonchev–Trinajstić information content (AvgIpc) is 3.02. The number of likely N-dealkylation sites (tertiary alicyclic amines) is 1. The highest BCUT2D eigenvalue weighted by Crippen LogP contribution is 2.31. The zero-order valence-corrected chi connectivity index (χ0v) is 17.2. The Kier molecular flexibility index (Phi) is 6.02. The highest BCUT2D eigenvalue weighted by atomic mass is 32.1. The summed E-state index contributed by atoms with van der Waals surface area (Å²) in [5.74, 6) is 0. The van der Waals surface area contributed by atoms with E-state index in [1.54, 1.807) is 11.0 Å². The summed E-state index contributed by atoms with van der Waals surface area (Å²) in [5.41, 5.74) is 0.0564. The number of nitrogens with zero attached hydrogens (tertiary/aromatic N) is 3. The van der Waals surface area contributed by atoms with Crippen molar-refractivity contribution in [1.82, 2.24) is 9.88 Å². The summed E-state index contributed by atoms with van der Waals surface area (Å²) in [7, 11) is 0. The molecule has 1 atom stereocenters. The van der Waals surface area contributed by atoms with E-state index in [1.165, 1.54) is 23.5 Å². The summed E-state index contributed by atoms with van der Waals surface area (Å²) in [6.45, 7) is 6.72. The number of ether oxygens (including phenoxy) is 2. The second kappa shape index (κ2) is 8.30. The monoisotopic (exact) mass is 407 g/mol. The molecule has 1 aromatic heterocycles. The van der Waals surface area contributed by atoms with E-state index in [1.807, 2.05) is 20.8 Å². The van der Waals surface area contributed by atoms with E-state index >= 15 is 0 Å². The third-order valence-electron chi connectivity index (χ3n) is 4.49. The number of carbonyl (C=O) groups excluding carboxylic acids is 1. The molecule has 28 heavy (non-hydrogen) atoms. The average molecular weight is 407 g/mol. The normalized spacial score (nSPS) is 17.5. The number of amides is 1. The van der Waals surface area contributed by atoms with Crippen molar-refractivity contribution in [3.05, 3.63) is 28.3 Å². The van der Waals surface area contributed by atoms with Crippen molar-refractivity contribution in [1.29, 1.82) is 0 Å². The van der Waals surface area contributed by atoms with Crippen LogP contribution in [0.25, 0.3) is 10.2 Å². The zero-order valence-electron chi connectivity index (χ0n) is 16.3. The van der Waals surface area contributed by atoms with E-state index < -0.39 is 10.5 Å². The lowest BCUT2D eigenvalue weighted by Gasteiger charge is -2.36. The predicted octanol–water partition coefficient (Wildman–Crippen LogP) is 4.76. The summed E-state index contributed by atoms with van der Waals surface area (Å²) < 4.78 is 12.1. The molecule has 2 heterocycles. The Labute approximate surface area is 167 Å². The van der Waals surface area contributed by atoms with Gasteiger partial charge in [-0.1, -0.05) is 11.3 Å². The number of rotatable bonds is 5. The molecule has 1 aliphatic heterocycles. The molecule has 152 valence electrons. The second-order valence-corrected chi connectivity index (χ2v) is 8.84. The third kappa shape index (κ3) is 5.09. The SMILES string of the molecule is CC(C)(C)OC(=O)N1CCCC[C@H]1CCOc1nc2cc([N+](=O)[O-])ccc2s1.